The van der Waals surface area contributed by atoms with Gasteiger partial charge in [-0.2, -0.15) is 5.10 Å². The van der Waals surface area contributed by atoms with Crippen molar-refractivity contribution in [3.05, 3.63) is 45.4 Å². The first-order valence-corrected chi connectivity index (χ1v) is 9.85. The van der Waals surface area contributed by atoms with Crippen molar-refractivity contribution in [2.24, 2.45) is 5.10 Å². The fourth-order valence-corrected chi connectivity index (χ4v) is 3.15. The van der Waals surface area contributed by atoms with Crippen LogP contribution in [0.3, 0.4) is 0 Å². The van der Waals surface area contributed by atoms with Crippen LogP contribution >= 0.6 is 11.8 Å². The molecule has 2 aromatic rings. The van der Waals surface area contributed by atoms with Crippen molar-refractivity contribution in [2.75, 3.05) is 12.9 Å². The summed E-state index contributed by atoms with van der Waals surface area (Å²) in [6, 6.07) is 4.96. The van der Waals surface area contributed by atoms with Gasteiger partial charge in [-0.3, -0.25) is 9.59 Å². The smallest absolute Gasteiger partial charge is 0.254 e. The van der Waals surface area contributed by atoms with Gasteiger partial charge < -0.3 is 14.8 Å². The minimum absolute atomic E-state index is 0.0398. The Balaban J connectivity index is 1.91. The number of benzene rings is 1. The van der Waals surface area contributed by atoms with Crippen LogP contribution < -0.4 is 15.7 Å². The van der Waals surface area contributed by atoms with Gasteiger partial charge >= 0.3 is 0 Å². The number of phenolic OH excluding ortho intramolecular Hbond substituents is 1. The maximum atomic E-state index is 12.2. The number of phenols is 1. The number of rotatable bonds is 9. The second-order valence-electron chi connectivity index (χ2n) is 6.02. The number of aromatic hydroxyl groups is 1. The molecule has 150 valence electrons. The molecule has 1 heterocycles. The third kappa shape index (κ3) is 5.85. The van der Waals surface area contributed by atoms with Gasteiger partial charge in [0.2, 0.25) is 0 Å². The van der Waals surface area contributed by atoms with Crippen LogP contribution in [0.1, 0.15) is 36.6 Å². The van der Waals surface area contributed by atoms with Gasteiger partial charge in [-0.25, -0.2) is 10.4 Å². The number of hydrazone groups is 1. The van der Waals surface area contributed by atoms with Crippen LogP contribution in [0, 0.1) is 6.92 Å². The second kappa shape index (κ2) is 10.5. The molecular weight excluding hydrogens is 380 g/mol. The molecule has 0 radical (unpaired) electrons. The first-order valence-electron chi connectivity index (χ1n) is 8.86. The van der Waals surface area contributed by atoms with Crippen LogP contribution in [-0.4, -0.2) is 40.1 Å². The van der Waals surface area contributed by atoms with E-state index in [0.717, 1.165) is 24.6 Å². The van der Waals surface area contributed by atoms with Crippen molar-refractivity contribution in [3.63, 3.8) is 0 Å². The van der Waals surface area contributed by atoms with Gasteiger partial charge in [-0.1, -0.05) is 31.2 Å². The molecule has 0 atom stereocenters. The number of H-pyrrole nitrogens is 1. The maximum absolute atomic E-state index is 12.2. The Labute approximate surface area is 167 Å². The fraction of sp³-hybridized carbons (Fsp3) is 0.368. The predicted octanol–water partition coefficient (Wildman–Crippen LogP) is 2.38. The number of ether oxygens (including phenoxy) is 1. The van der Waals surface area contributed by atoms with Gasteiger partial charge in [-0.15, -0.1) is 0 Å². The van der Waals surface area contributed by atoms with Crippen molar-refractivity contribution in [3.8, 4) is 11.5 Å². The number of amides is 1. The number of hydrogen-bond donors (Lipinski definition) is 3. The number of methoxy groups -OCH3 is 1. The number of hydrogen-bond acceptors (Lipinski definition) is 7. The Bertz CT molecular complexity index is 911. The summed E-state index contributed by atoms with van der Waals surface area (Å²) >= 11 is 1.12. The average molecular weight is 404 g/mol. The van der Waals surface area contributed by atoms with Crippen LogP contribution in [0.25, 0.3) is 0 Å². The van der Waals surface area contributed by atoms with Gasteiger partial charge in [-0.05, 0) is 31.9 Å². The SMILES string of the molecule is CCCCc1c(C)nc(SCC(=O)N/N=C/c2cccc(OC)c2O)[nH]c1=O. The number of nitrogens with one attached hydrogen (secondary N) is 2. The highest BCUT2D eigenvalue weighted by Crippen LogP contribution is 2.27. The second-order valence-corrected chi connectivity index (χ2v) is 6.98. The van der Waals surface area contributed by atoms with Crippen molar-refractivity contribution in [1.29, 1.82) is 0 Å². The maximum Gasteiger partial charge on any atom is 0.254 e. The number of para-hydroxylation sites is 1. The Morgan fingerprint density at radius 1 is 1.46 bits per heavy atom. The predicted molar refractivity (Wildman–Crippen MR) is 109 cm³/mol. The normalized spacial score (nSPS) is 11.0. The van der Waals surface area contributed by atoms with Gasteiger partial charge in [0.25, 0.3) is 11.5 Å². The lowest BCUT2D eigenvalue weighted by Crippen LogP contribution is -2.21. The Hall–Kier alpha value is -2.81. The number of aromatic amines is 1. The number of aryl methyl sites for hydroxylation is 1. The summed E-state index contributed by atoms with van der Waals surface area (Å²) in [5.41, 5.74) is 4.01. The van der Waals surface area contributed by atoms with Gasteiger partial charge in [0, 0.05) is 16.8 Å². The standard InChI is InChI=1S/C19H24N4O4S/c1-4-5-8-14-12(2)21-19(22-18(14)26)28-11-16(24)23-20-10-13-7-6-9-15(27-3)17(13)25/h6-7,9-10,25H,4-5,8,11H2,1-3H3,(H,23,24)(H,21,22,26)/b20-10+. The summed E-state index contributed by atoms with van der Waals surface area (Å²) in [4.78, 5) is 31.2. The molecule has 0 fully saturated rings. The average Bonchev–Trinajstić information content (AvgIpc) is 2.67. The molecule has 0 spiro atoms. The molecule has 1 aromatic carbocycles. The minimum Gasteiger partial charge on any atom is -0.504 e. The Morgan fingerprint density at radius 3 is 2.93 bits per heavy atom. The molecular formula is C19H24N4O4S. The van der Waals surface area contributed by atoms with Crippen LogP contribution in [-0.2, 0) is 11.2 Å². The fourth-order valence-electron chi connectivity index (χ4n) is 2.45. The molecule has 0 saturated heterocycles. The molecule has 0 saturated carbocycles. The van der Waals surface area contributed by atoms with Gasteiger partial charge in [0.05, 0.1) is 19.1 Å². The molecule has 28 heavy (non-hydrogen) atoms. The molecule has 2 rings (SSSR count). The summed E-state index contributed by atoms with van der Waals surface area (Å²) in [6.45, 7) is 3.87. The third-order valence-electron chi connectivity index (χ3n) is 3.96. The molecule has 0 aliphatic carbocycles. The molecule has 0 unspecified atom stereocenters. The largest absolute Gasteiger partial charge is 0.504 e. The summed E-state index contributed by atoms with van der Waals surface area (Å²) in [6.07, 6.45) is 3.96. The minimum atomic E-state index is -0.362. The van der Waals surface area contributed by atoms with Crippen LogP contribution in [0.2, 0.25) is 0 Å². The van der Waals surface area contributed by atoms with E-state index in [4.69, 9.17) is 4.74 Å². The van der Waals surface area contributed by atoms with Crippen molar-refractivity contribution in [2.45, 2.75) is 38.3 Å². The lowest BCUT2D eigenvalue weighted by molar-refractivity contribution is -0.118. The molecule has 9 heteroatoms. The number of nitrogens with zero attached hydrogens (tertiary/aromatic N) is 2. The highest BCUT2D eigenvalue weighted by atomic mass is 32.2. The van der Waals surface area contributed by atoms with Crippen LogP contribution in [0.4, 0.5) is 0 Å². The number of thioether (sulfide) groups is 1. The van der Waals surface area contributed by atoms with Crippen LogP contribution in [0.15, 0.2) is 33.3 Å². The van der Waals surface area contributed by atoms with E-state index < -0.39 is 0 Å². The van der Waals surface area contributed by atoms with E-state index in [1.165, 1.54) is 13.3 Å². The van der Waals surface area contributed by atoms with E-state index in [9.17, 15) is 14.7 Å². The third-order valence-corrected chi connectivity index (χ3v) is 4.84. The summed E-state index contributed by atoms with van der Waals surface area (Å²) in [5.74, 6) is -0.0617. The number of unbranched alkanes of at least 4 members (excludes halogenated alkanes) is 1. The van der Waals surface area contributed by atoms with E-state index in [0.29, 0.717) is 34.1 Å². The monoisotopic (exact) mass is 404 g/mol. The van der Waals surface area contributed by atoms with Gasteiger partial charge in [0.15, 0.2) is 16.7 Å². The van der Waals surface area contributed by atoms with E-state index in [1.54, 1.807) is 25.1 Å². The summed E-state index contributed by atoms with van der Waals surface area (Å²) in [7, 11) is 1.45. The number of carbonyl (C=O) groups excluding carboxylic acids is 1. The first-order chi connectivity index (χ1) is 13.5. The van der Waals surface area contributed by atoms with E-state index in [-0.39, 0.29) is 23.0 Å². The Kier molecular flexibility index (Phi) is 8.06. The highest BCUT2D eigenvalue weighted by Gasteiger charge is 2.10. The lowest BCUT2D eigenvalue weighted by Gasteiger charge is -2.06. The zero-order chi connectivity index (χ0) is 20.5. The Morgan fingerprint density at radius 2 is 2.25 bits per heavy atom. The summed E-state index contributed by atoms with van der Waals surface area (Å²) < 4.78 is 5.01. The van der Waals surface area contributed by atoms with E-state index in [2.05, 4.69) is 27.4 Å². The van der Waals surface area contributed by atoms with Gasteiger partial charge in [0.1, 0.15) is 0 Å². The quantitative estimate of drug-likeness (QED) is 0.256. The molecule has 0 aliphatic rings. The van der Waals surface area contributed by atoms with Crippen molar-refractivity contribution >= 4 is 23.9 Å². The molecule has 0 aliphatic heterocycles. The van der Waals surface area contributed by atoms with E-state index in [1.807, 2.05) is 0 Å². The number of aromatic nitrogens is 2. The molecule has 8 nitrogen and oxygen atoms in total. The zero-order valence-electron chi connectivity index (χ0n) is 16.1. The molecule has 0 bridgehead atoms. The molecule has 3 N–H and O–H groups in total. The zero-order valence-corrected chi connectivity index (χ0v) is 16.9. The molecule has 1 amide bonds. The van der Waals surface area contributed by atoms with Crippen molar-refractivity contribution < 1.29 is 14.6 Å². The van der Waals surface area contributed by atoms with Crippen LogP contribution in [0.5, 0.6) is 11.5 Å². The summed E-state index contributed by atoms with van der Waals surface area (Å²) in [5, 5.41) is 14.2. The van der Waals surface area contributed by atoms with Crippen molar-refractivity contribution in [1.82, 2.24) is 15.4 Å². The number of carbonyl (C=O) groups is 1. The lowest BCUT2D eigenvalue weighted by atomic mass is 10.1. The first kappa shape index (κ1) is 21.5. The molecule has 1 aromatic heterocycles. The highest BCUT2D eigenvalue weighted by molar-refractivity contribution is 7.99. The topological polar surface area (TPSA) is 117 Å². The van der Waals surface area contributed by atoms with E-state index >= 15 is 0 Å².